The molecule has 1 N–H and O–H groups in total. The van der Waals surface area contributed by atoms with Gasteiger partial charge in [-0.1, -0.05) is 36.4 Å². The van der Waals surface area contributed by atoms with Crippen LogP contribution in [0.4, 0.5) is 0 Å². The fourth-order valence-electron chi connectivity index (χ4n) is 1.64. The highest BCUT2D eigenvalue weighted by molar-refractivity contribution is 5.82. The van der Waals surface area contributed by atoms with Crippen LogP contribution in [0.1, 0.15) is 25.5 Å². The molecule has 114 valence electrons. The first-order valence-electron chi connectivity index (χ1n) is 6.78. The number of carbonyl (C=O) groups excluding carboxylic acids is 2. The summed E-state index contributed by atoms with van der Waals surface area (Å²) in [5, 5.41) is 2.76. The van der Waals surface area contributed by atoms with Crippen LogP contribution in [0.5, 0.6) is 0 Å². The van der Waals surface area contributed by atoms with E-state index in [1.807, 2.05) is 37.3 Å². The summed E-state index contributed by atoms with van der Waals surface area (Å²) < 4.78 is 10.0. The first kappa shape index (κ1) is 16.9. The topological polar surface area (TPSA) is 64.6 Å². The molecule has 0 aromatic heterocycles. The average molecular weight is 291 g/mol. The van der Waals surface area contributed by atoms with Crippen molar-refractivity contribution in [3.63, 3.8) is 0 Å². The van der Waals surface area contributed by atoms with Gasteiger partial charge in [-0.05, 0) is 19.4 Å². The van der Waals surface area contributed by atoms with E-state index < -0.39 is 12.1 Å². The number of nitrogens with one attached hydrogen (secondary N) is 1. The van der Waals surface area contributed by atoms with Crippen molar-refractivity contribution in [2.75, 3.05) is 13.2 Å². The lowest BCUT2D eigenvalue weighted by Crippen LogP contribution is -2.33. The van der Waals surface area contributed by atoms with E-state index in [9.17, 15) is 9.59 Å². The fraction of sp³-hybridized carbons (Fsp3) is 0.375. The maximum Gasteiger partial charge on any atom is 0.335 e. The molecule has 0 aliphatic rings. The Labute approximate surface area is 124 Å². The SMILES string of the molecule is C=CCOC(C)C(=O)OCC(=O)NC(C)c1ccccc1. The number of hydrogen-bond acceptors (Lipinski definition) is 4. The van der Waals surface area contributed by atoms with Crippen molar-refractivity contribution in [1.29, 1.82) is 0 Å². The molecule has 0 radical (unpaired) electrons. The van der Waals surface area contributed by atoms with Crippen LogP contribution in [-0.4, -0.2) is 31.2 Å². The van der Waals surface area contributed by atoms with Gasteiger partial charge in [0.15, 0.2) is 12.7 Å². The minimum absolute atomic E-state index is 0.146. The van der Waals surface area contributed by atoms with Gasteiger partial charge in [-0.2, -0.15) is 0 Å². The molecule has 0 aliphatic heterocycles. The minimum atomic E-state index is -0.720. The van der Waals surface area contributed by atoms with Gasteiger partial charge in [0.2, 0.25) is 0 Å². The van der Waals surface area contributed by atoms with Crippen molar-refractivity contribution in [2.45, 2.75) is 26.0 Å². The molecule has 0 spiro atoms. The Balaban J connectivity index is 2.34. The molecule has 0 bridgehead atoms. The molecule has 0 saturated heterocycles. The number of ether oxygens (including phenoxy) is 2. The zero-order chi connectivity index (χ0) is 15.7. The summed E-state index contributed by atoms with van der Waals surface area (Å²) in [6.07, 6.45) is 0.820. The lowest BCUT2D eigenvalue weighted by Gasteiger charge is -2.15. The third-order valence-electron chi connectivity index (χ3n) is 2.82. The van der Waals surface area contributed by atoms with Crippen LogP contribution in [0.15, 0.2) is 43.0 Å². The summed E-state index contributed by atoms with van der Waals surface area (Å²) in [7, 11) is 0. The number of rotatable bonds is 8. The largest absolute Gasteiger partial charge is 0.454 e. The van der Waals surface area contributed by atoms with Crippen molar-refractivity contribution in [1.82, 2.24) is 5.32 Å². The molecule has 2 unspecified atom stereocenters. The molecule has 1 rings (SSSR count). The summed E-state index contributed by atoms with van der Waals surface area (Å²) >= 11 is 0. The van der Waals surface area contributed by atoms with Gasteiger partial charge in [0.1, 0.15) is 0 Å². The summed E-state index contributed by atoms with van der Waals surface area (Å²) in [5.74, 6) is -0.921. The molecule has 0 heterocycles. The van der Waals surface area contributed by atoms with Crippen molar-refractivity contribution in [3.8, 4) is 0 Å². The van der Waals surface area contributed by atoms with E-state index in [0.29, 0.717) is 0 Å². The van der Waals surface area contributed by atoms with Crippen LogP contribution in [0.2, 0.25) is 0 Å². The van der Waals surface area contributed by atoms with E-state index in [2.05, 4.69) is 11.9 Å². The van der Waals surface area contributed by atoms with Crippen LogP contribution in [0.3, 0.4) is 0 Å². The van der Waals surface area contributed by atoms with Crippen LogP contribution in [0.25, 0.3) is 0 Å². The molecule has 1 amide bonds. The van der Waals surface area contributed by atoms with Crippen molar-refractivity contribution < 1.29 is 19.1 Å². The molecule has 21 heavy (non-hydrogen) atoms. The third kappa shape index (κ3) is 6.23. The highest BCUT2D eigenvalue weighted by Crippen LogP contribution is 2.10. The fourth-order valence-corrected chi connectivity index (χ4v) is 1.64. The van der Waals surface area contributed by atoms with Crippen LogP contribution in [-0.2, 0) is 19.1 Å². The van der Waals surface area contributed by atoms with E-state index in [1.54, 1.807) is 6.92 Å². The molecule has 1 aromatic carbocycles. The third-order valence-corrected chi connectivity index (χ3v) is 2.82. The van der Waals surface area contributed by atoms with Crippen LogP contribution in [0, 0.1) is 0 Å². The molecule has 5 nitrogen and oxygen atoms in total. The summed E-state index contributed by atoms with van der Waals surface area (Å²) in [5.41, 5.74) is 0.986. The number of hydrogen-bond donors (Lipinski definition) is 1. The van der Waals surface area contributed by atoms with E-state index in [4.69, 9.17) is 9.47 Å². The predicted molar refractivity (Wildman–Crippen MR) is 79.6 cm³/mol. The lowest BCUT2D eigenvalue weighted by molar-refractivity contribution is -0.158. The monoisotopic (exact) mass is 291 g/mol. The van der Waals surface area contributed by atoms with Gasteiger partial charge in [0.25, 0.3) is 5.91 Å². The zero-order valence-electron chi connectivity index (χ0n) is 12.4. The summed E-state index contributed by atoms with van der Waals surface area (Å²) in [4.78, 5) is 23.3. The molecule has 0 aliphatic carbocycles. The Morgan fingerprint density at radius 3 is 2.57 bits per heavy atom. The maximum atomic E-state index is 11.7. The number of benzene rings is 1. The molecule has 0 saturated carbocycles. The van der Waals surface area contributed by atoms with E-state index >= 15 is 0 Å². The summed E-state index contributed by atoms with van der Waals surface area (Å²) in [6.45, 7) is 6.85. The smallest absolute Gasteiger partial charge is 0.335 e. The van der Waals surface area contributed by atoms with E-state index in [0.717, 1.165) is 5.56 Å². The molecule has 5 heteroatoms. The van der Waals surface area contributed by atoms with Gasteiger partial charge in [0.05, 0.1) is 12.6 Å². The predicted octanol–water partition coefficient (Wildman–Crippen LogP) is 2.00. The Bertz CT molecular complexity index is 472. The number of esters is 1. The highest BCUT2D eigenvalue weighted by Gasteiger charge is 2.17. The average Bonchev–Trinajstić information content (AvgIpc) is 2.50. The molecular weight excluding hydrogens is 270 g/mol. The number of carbonyl (C=O) groups is 2. The molecule has 1 aromatic rings. The second-order valence-electron chi connectivity index (χ2n) is 4.57. The van der Waals surface area contributed by atoms with Gasteiger partial charge in [-0.3, -0.25) is 4.79 Å². The van der Waals surface area contributed by atoms with E-state index in [-0.39, 0.29) is 25.2 Å². The Morgan fingerprint density at radius 1 is 1.29 bits per heavy atom. The standard InChI is InChI=1S/C16H21NO4/c1-4-10-20-13(3)16(19)21-11-15(18)17-12(2)14-8-6-5-7-9-14/h4-9,12-13H,1,10-11H2,2-3H3,(H,17,18). The second-order valence-corrected chi connectivity index (χ2v) is 4.57. The van der Waals surface area contributed by atoms with E-state index in [1.165, 1.54) is 6.08 Å². The quantitative estimate of drug-likeness (QED) is 0.588. The normalized spacial score (nSPS) is 13.0. The van der Waals surface area contributed by atoms with Crippen molar-refractivity contribution in [2.24, 2.45) is 0 Å². The van der Waals surface area contributed by atoms with Gasteiger partial charge < -0.3 is 14.8 Å². The maximum absolute atomic E-state index is 11.7. The first-order chi connectivity index (χ1) is 10.0. The first-order valence-corrected chi connectivity index (χ1v) is 6.78. The van der Waals surface area contributed by atoms with Gasteiger partial charge in [0, 0.05) is 0 Å². The molecule has 0 fully saturated rings. The van der Waals surface area contributed by atoms with Gasteiger partial charge in [-0.25, -0.2) is 4.79 Å². The second kappa shape index (κ2) is 8.92. The molecular formula is C16H21NO4. The Morgan fingerprint density at radius 2 is 1.95 bits per heavy atom. The Kier molecular flexibility index (Phi) is 7.18. The number of amides is 1. The van der Waals surface area contributed by atoms with Gasteiger partial charge in [-0.15, -0.1) is 6.58 Å². The minimum Gasteiger partial charge on any atom is -0.454 e. The van der Waals surface area contributed by atoms with Gasteiger partial charge >= 0.3 is 5.97 Å². The summed E-state index contributed by atoms with van der Waals surface area (Å²) in [6, 6.07) is 9.40. The zero-order valence-corrected chi connectivity index (χ0v) is 12.4. The lowest BCUT2D eigenvalue weighted by atomic mass is 10.1. The van der Waals surface area contributed by atoms with Crippen molar-refractivity contribution >= 4 is 11.9 Å². The molecule has 2 atom stereocenters. The highest BCUT2D eigenvalue weighted by atomic mass is 16.6. The Hall–Kier alpha value is -2.14. The van der Waals surface area contributed by atoms with Crippen LogP contribution < -0.4 is 5.32 Å². The van der Waals surface area contributed by atoms with Crippen molar-refractivity contribution in [3.05, 3.63) is 48.6 Å². The van der Waals surface area contributed by atoms with Crippen LogP contribution >= 0.6 is 0 Å².